The van der Waals surface area contributed by atoms with Crippen LogP contribution in [0.25, 0.3) is 0 Å². The molecule has 0 unspecified atom stereocenters. The monoisotopic (exact) mass is 366 g/mol. The normalized spacial score (nSPS) is 21.9. The molecule has 2 aromatic carbocycles. The van der Waals surface area contributed by atoms with Gasteiger partial charge in [-0.15, -0.1) is 0 Å². The van der Waals surface area contributed by atoms with Crippen LogP contribution < -0.4 is 10.2 Å². The highest BCUT2D eigenvalue weighted by Crippen LogP contribution is 2.34. The summed E-state index contributed by atoms with van der Waals surface area (Å²) in [5.74, 6) is -0.716. The van der Waals surface area contributed by atoms with Gasteiger partial charge in [0.1, 0.15) is 5.82 Å². The molecule has 2 aliphatic rings. The molecule has 1 fully saturated rings. The Hall–Kier alpha value is -2.69. The number of halogens is 1. The first-order chi connectivity index (χ1) is 13.0. The van der Waals surface area contributed by atoms with Crippen LogP contribution in [0.1, 0.15) is 53.7 Å². The first-order valence-electron chi connectivity index (χ1n) is 9.53. The van der Waals surface area contributed by atoms with Gasteiger partial charge in [-0.25, -0.2) is 4.39 Å². The predicted molar refractivity (Wildman–Crippen MR) is 102 cm³/mol. The molecule has 0 bridgehead atoms. The van der Waals surface area contributed by atoms with Crippen molar-refractivity contribution in [1.82, 2.24) is 5.32 Å². The van der Waals surface area contributed by atoms with Gasteiger partial charge in [0.25, 0.3) is 5.91 Å². The number of amides is 2. The van der Waals surface area contributed by atoms with E-state index in [0.29, 0.717) is 18.7 Å². The van der Waals surface area contributed by atoms with Crippen molar-refractivity contribution in [3.8, 4) is 0 Å². The van der Waals surface area contributed by atoms with Crippen LogP contribution in [0.4, 0.5) is 10.1 Å². The smallest absolute Gasteiger partial charge is 0.254 e. The summed E-state index contributed by atoms with van der Waals surface area (Å²) in [5, 5.41) is 3.03. The van der Waals surface area contributed by atoms with Gasteiger partial charge in [-0.3, -0.25) is 9.59 Å². The maximum atomic E-state index is 14.4. The average molecular weight is 366 g/mol. The molecular weight excluding hydrogens is 343 g/mol. The average Bonchev–Trinajstić information content (AvgIpc) is 3.10. The molecule has 1 heterocycles. The fourth-order valence-electron chi connectivity index (χ4n) is 4.14. The lowest BCUT2D eigenvalue weighted by atomic mass is 9.80. The number of carbonyl (C=O) groups excluding carboxylic acids is 2. The van der Waals surface area contributed by atoms with Gasteiger partial charge in [-0.2, -0.15) is 0 Å². The lowest BCUT2D eigenvalue weighted by Gasteiger charge is -2.32. The second-order valence-corrected chi connectivity index (χ2v) is 7.48. The Labute approximate surface area is 158 Å². The maximum absolute atomic E-state index is 14.4. The van der Waals surface area contributed by atoms with Crippen molar-refractivity contribution in [2.45, 2.75) is 38.6 Å². The molecule has 5 heteroatoms. The number of carbonyl (C=O) groups is 2. The van der Waals surface area contributed by atoms with E-state index in [4.69, 9.17) is 0 Å². The molecule has 1 aliphatic heterocycles. The first kappa shape index (κ1) is 17.7. The van der Waals surface area contributed by atoms with E-state index in [1.165, 1.54) is 17.7 Å². The van der Waals surface area contributed by atoms with Crippen LogP contribution in [-0.2, 0) is 11.2 Å². The quantitative estimate of drug-likeness (QED) is 0.892. The lowest BCUT2D eigenvalue weighted by molar-refractivity contribution is -0.117. The van der Waals surface area contributed by atoms with Crippen LogP contribution >= 0.6 is 0 Å². The van der Waals surface area contributed by atoms with E-state index < -0.39 is 11.7 Å². The van der Waals surface area contributed by atoms with Gasteiger partial charge in [0.05, 0.1) is 11.6 Å². The third kappa shape index (κ3) is 3.34. The number of benzene rings is 2. The Kier molecular flexibility index (Phi) is 4.68. The molecule has 0 aromatic heterocycles. The fourth-order valence-corrected chi connectivity index (χ4v) is 4.14. The van der Waals surface area contributed by atoms with Crippen LogP contribution in [0.15, 0.2) is 42.5 Å². The van der Waals surface area contributed by atoms with Gasteiger partial charge in [0.2, 0.25) is 5.91 Å². The van der Waals surface area contributed by atoms with E-state index in [9.17, 15) is 14.0 Å². The Morgan fingerprint density at radius 2 is 2.00 bits per heavy atom. The highest BCUT2D eigenvalue weighted by Gasteiger charge is 2.29. The van der Waals surface area contributed by atoms with Crippen LogP contribution in [0.5, 0.6) is 0 Å². The van der Waals surface area contributed by atoms with Crippen molar-refractivity contribution in [2.24, 2.45) is 5.92 Å². The van der Waals surface area contributed by atoms with E-state index in [2.05, 4.69) is 18.3 Å². The summed E-state index contributed by atoms with van der Waals surface area (Å²) in [7, 11) is 0. The minimum absolute atomic E-state index is 0.0116. The minimum Gasteiger partial charge on any atom is -0.345 e. The van der Waals surface area contributed by atoms with Gasteiger partial charge in [-0.1, -0.05) is 31.2 Å². The second-order valence-electron chi connectivity index (χ2n) is 7.48. The zero-order valence-corrected chi connectivity index (χ0v) is 15.4. The third-order valence-corrected chi connectivity index (χ3v) is 5.69. The molecule has 2 atom stereocenters. The van der Waals surface area contributed by atoms with Crippen molar-refractivity contribution in [3.63, 3.8) is 0 Å². The summed E-state index contributed by atoms with van der Waals surface area (Å²) in [6, 6.07) is 12.3. The number of anilines is 1. The number of fused-ring (bicyclic) bond motifs is 1. The molecule has 1 N–H and O–H groups in total. The summed E-state index contributed by atoms with van der Waals surface area (Å²) in [6.45, 7) is 2.72. The van der Waals surface area contributed by atoms with Crippen LogP contribution in [0.3, 0.4) is 0 Å². The number of nitrogens with zero attached hydrogens (tertiary/aromatic N) is 1. The van der Waals surface area contributed by atoms with Gasteiger partial charge in [0, 0.05) is 18.7 Å². The molecule has 4 nitrogen and oxygen atoms in total. The summed E-state index contributed by atoms with van der Waals surface area (Å²) in [5.41, 5.74) is 2.91. The van der Waals surface area contributed by atoms with Gasteiger partial charge < -0.3 is 10.2 Å². The molecule has 0 saturated carbocycles. The summed E-state index contributed by atoms with van der Waals surface area (Å²) >= 11 is 0. The van der Waals surface area contributed by atoms with Crippen molar-refractivity contribution in [2.75, 3.05) is 11.4 Å². The predicted octanol–water partition coefficient (Wildman–Crippen LogP) is 4.01. The van der Waals surface area contributed by atoms with Gasteiger partial charge in [0.15, 0.2) is 0 Å². The van der Waals surface area contributed by atoms with Gasteiger partial charge in [-0.05, 0) is 54.5 Å². The zero-order valence-electron chi connectivity index (χ0n) is 15.4. The topological polar surface area (TPSA) is 49.4 Å². The summed E-state index contributed by atoms with van der Waals surface area (Å²) < 4.78 is 14.4. The van der Waals surface area contributed by atoms with Crippen molar-refractivity contribution < 1.29 is 14.0 Å². The Bertz CT molecular complexity index is 896. The second kappa shape index (κ2) is 7.14. The molecule has 27 heavy (non-hydrogen) atoms. The van der Waals surface area contributed by atoms with E-state index in [-0.39, 0.29) is 23.4 Å². The standard InChI is InChI=1S/C22H23FN2O2/c1-14-8-9-15-5-2-3-6-17(15)21(14)24-22(27)18-13-16(10-11-19(18)23)25-12-4-7-20(25)26/h2-3,5-6,10-11,13-14,21H,4,7-9,12H2,1H3,(H,24,27)/t14-,21-/m0/s1. The van der Waals surface area contributed by atoms with Crippen molar-refractivity contribution in [3.05, 3.63) is 65.0 Å². The third-order valence-electron chi connectivity index (χ3n) is 5.69. The molecule has 1 aliphatic carbocycles. The number of hydrogen-bond donors (Lipinski definition) is 1. The lowest BCUT2D eigenvalue weighted by Crippen LogP contribution is -2.36. The molecule has 0 spiro atoms. The Morgan fingerprint density at radius 1 is 1.19 bits per heavy atom. The van der Waals surface area contributed by atoms with Gasteiger partial charge >= 0.3 is 0 Å². The van der Waals surface area contributed by atoms with Crippen molar-refractivity contribution in [1.29, 1.82) is 0 Å². The first-order valence-corrected chi connectivity index (χ1v) is 9.53. The van der Waals surface area contributed by atoms with Crippen LogP contribution in [-0.4, -0.2) is 18.4 Å². The molecule has 0 radical (unpaired) electrons. The summed E-state index contributed by atoms with van der Waals surface area (Å²) in [4.78, 5) is 26.5. The minimum atomic E-state index is -0.570. The molecule has 2 amide bonds. The number of nitrogens with one attached hydrogen (secondary N) is 1. The van der Waals surface area contributed by atoms with Crippen LogP contribution in [0.2, 0.25) is 0 Å². The fraction of sp³-hybridized carbons (Fsp3) is 0.364. The molecular formula is C22H23FN2O2. The largest absolute Gasteiger partial charge is 0.345 e. The molecule has 4 rings (SSSR count). The van der Waals surface area contributed by atoms with E-state index in [1.807, 2.05) is 18.2 Å². The SMILES string of the molecule is C[C@H]1CCc2ccccc2[C@H]1NC(=O)c1cc(N2CCCC2=O)ccc1F. The Morgan fingerprint density at radius 3 is 2.78 bits per heavy atom. The van der Waals surface area contributed by atoms with E-state index in [1.54, 1.807) is 11.0 Å². The summed E-state index contributed by atoms with van der Waals surface area (Å²) in [6.07, 6.45) is 3.25. The van der Waals surface area contributed by atoms with E-state index in [0.717, 1.165) is 24.8 Å². The molecule has 1 saturated heterocycles. The number of hydrogen-bond acceptors (Lipinski definition) is 2. The number of aryl methyl sites for hydroxylation is 1. The highest BCUT2D eigenvalue weighted by atomic mass is 19.1. The van der Waals surface area contributed by atoms with E-state index >= 15 is 0 Å². The van der Waals surface area contributed by atoms with Crippen molar-refractivity contribution >= 4 is 17.5 Å². The van der Waals surface area contributed by atoms with Crippen LogP contribution in [0, 0.1) is 11.7 Å². The zero-order chi connectivity index (χ0) is 19.0. The molecule has 2 aromatic rings. The highest BCUT2D eigenvalue weighted by molar-refractivity contribution is 5.99. The maximum Gasteiger partial charge on any atom is 0.254 e. The number of rotatable bonds is 3. The Balaban J connectivity index is 1.61. The molecule has 140 valence electrons.